The van der Waals surface area contributed by atoms with E-state index in [0.717, 1.165) is 32.1 Å². The molecule has 0 heterocycles. The van der Waals surface area contributed by atoms with Crippen molar-refractivity contribution in [3.8, 4) is 0 Å². The van der Waals surface area contributed by atoms with Gasteiger partial charge in [-0.05, 0) is 33.1 Å². The third-order valence-electron chi connectivity index (χ3n) is 2.96. The molecule has 0 bridgehead atoms. The molecule has 0 N–H and O–H groups in total. The van der Waals surface area contributed by atoms with Crippen LogP contribution < -0.4 is 0 Å². The summed E-state index contributed by atoms with van der Waals surface area (Å²) in [4.78, 5) is 11.8. The van der Waals surface area contributed by atoms with Crippen LogP contribution in [0.25, 0.3) is 0 Å². The van der Waals surface area contributed by atoms with E-state index in [-0.39, 0.29) is 17.5 Å². The highest BCUT2D eigenvalue weighted by Gasteiger charge is 2.25. The van der Waals surface area contributed by atoms with Gasteiger partial charge in [0.25, 0.3) is 0 Å². The summed E-state index contributed by atoms with van der Waals surface area (Å²) in [6.07, 6.45) is 4.97. The number of carbonyl (C=O) groups is 1. The van der Waals surface area contributed by atoms with E-state index in [4.69, 9.17) is 4.74 Å². The largest absolute Gasteiger partial charge is 0.459 e. The molecule has 2 heteroatoms. The van der Waals surface area contributed by atoms with Crippen LogP contribution in [0.4, 0.5) is 0 Å². The van der Waals surface area contributed by atoms with Crippen molar-refractivity contribution < 1.29 is 9.53 Å². The third kappa shape index (κ3) is 5.81. The molecule has 15 heavy (non-hydrogen) atoms. The second-order valence-corrected chi connectivity index (χ2v) is 4.78. The van der Waals surface area contributed by atoms with E-state index in [2.05, 4.69) is 13.8 Å². The lowest BCUT2D eigenvalue weighted by Crippen LogP contribution is -2.30. The summed E-state index contributed by atoms with van der Waals surface area (Å²) in [5.74, 6) is 0.0774. The highest BCUT2D eigenvalue weighted by atomic mass is 16.6. The standard InChI is InChI=1S/C13H26O2/c1-6-9-10-11(7-2)12(14)15-13(4,5)8-3/h11H,6-10H2,1-5H3. The molecule has 1 unspecified atom stereocenters. The van der Waals surface area contributed by atoms with Crippen LogP contribution in [-0.2, 0) is 9.53 Å². The molecule has 0 spiro atoms. The van der Waals surface area contributed by atoms with Crippen molar-refractivity contribution in [2.24, 2.45) is 5.92 Å². The maximum absolute atomic E-state index is 11.8. The van der Waals surface area contributed by atoms with Gasteiger partial charge in [0.1, 0.15) is 5.60 Å². The molecule has 0 amide bonds. The normalized spacial score (nSPS) is 13.7. The first-order chi connectivity index (χ1) is 6.96. The first-order valence-electron chi connectivity index (χ1n) is 6.19. The fourth-order valence-corrected chi connectivity index (χ4v) is 1.37. The van der Waals surface area contributed by atoms with Gasteiger partial charge < -0.3 is 4.74 Å². The molecule has 1 atom stereocenters. The lowest BCUT2D eigenvalue weighted by molar-refractivity contribution is -0.162. The molecule has 0 radical (unpaired) electrons. The van der Waals surface area contributed by atoms with Gasteiger partial charge in [0.05, 0.1) is 5.92 Å². The second-order valence-electron chi connectivity index (χ2n) is 4.78. The Morgan fingerprint density at radius 3 is 2.27 bits per heavy atom. The SMILES string of the molecule is CCCCC(CC)C(=O)OC(C)(C)CC. The summed E-state index contributed by atoms with van der Waals surface area (Å²) >= 11 is 0. The fourth-order valence-electron chi connectivity index (χ4n) is 1.37. The average Bonchev–Trinajstić information content (AvgIpc) is 2.18. The molecule has 0 aliphatic rings. The molecule has 0 aromatic heterocycles. The molecule has 0 aliphatic heterocycles. The van der Waals surface area contributed by atoms with Crippen molar-refractivity contribution in [1.29, 1.82) is 0 Å². The van der Waals surface area contributed by atoms with Gasteiger partial charge in [-0.3, -0.25) is 4.79 Å². The Kier molecular flexibility index (Phi) is 6.62. The van der Waals surface area contributed by atoms with E-state index >= 15 is 0 Å². The highest BCUT2D eigenvalue weighted by Crippen LogP contribution is 2.20. The Hall–Kier alpha value is -0.530. The van der Waals surface area contributed by atoms with E-state index in [1.807, 2.05) is 20.8 Å². The zero-order valence-electron chi connectivity index (χ0n) is 10.9. The number of esters is 1. The van der Waals surface area contributed by atoms with Crippen molar-refractivity contribution >= 4 is 5.97 Å². The van der Waals surface area contributed by atoms with Gasteiger partial charge in [0.2, 0.25) is 0 Å². The quantitative estimate of drug-likeness (QED) is 0.600. The van der Waals surface area contributed by atoms with Gasteiger partial charge in [0, 0.05) is 0 Å². The van der Waals surface area contributed by atoms with Crippen LogP contribution in [0.5, 0.6) is 0 Å². The monoisotopic (exact) mass is 214 g/mol. The Bertz CT molecular complexity index is 185. The lowest BCUT2D eigenvalue weighted by atomic mass is 9.99. The van der Waals surface area contributed by atoms with Gasteiger partial charge in [-0.25, -0.2) is 0 Å². The molecular weight excluding hydrogens is 188 g/mol. The van der Waals surface area contributed by atoms with E-state index < -0.39 is 0 Å². The zero-order valence-corrected chi connectivity index (χ0v) is 10.9. The van der Waals surface area contributed by atoms with E-state index in [1.165, 1.54) is 0 Å². The number of ether oxygens (including phenoxy) is 1. The highest BCUT2D eigenvalue weighted by molar-refractivity contribution is 5.72. The number of unbranched alkanes of at least 4 members (excludes halogenated alkanes) is 1. The van der Waals surface area contributed by atoms with Gasteiger partial charge in [-0.1, -0.05) is 33.6 Å². The van der Waals surface area contributed by atoms with Crippen molar-refractivity contribution in [3.63, 3.8) is 0 Å². The smallest absolute Gasteiger partial charge is 0.309 e. The van der Waals surface area contributed by atoms with Gasteiger partial charge >= 0.3 is 5.97 Å². The van der Waals surface area contributed by atoms with E-state index in [0.29, 0.717) is 0 Å². The Labute approximate surface area is 94.4 Å². The van der Waals surface area contributed by atoms with Crippen molar-refractivity contribution in [3.05, 3.63) is 0 Å². The van der Waals surface area contributed by atoms with Crippen LogP contribution >= 0.6 is 0 Å². The lowest BCUT2D eigenvalue weighted by Gasteiger charge is -2.26. The summed E-state index contributed by atoms with van der Waals surface area (Å²) < 4.78 is 5.50. The van der Waals surface area contributed by atoms with Gasteiger partial charge in [0.15, 0.2) is 0 Å². The average molecular weight is 214 g/mol. The van der Waals surface area contributed by atoms with E-state index in [9.17, 15) is 4.79 Å². The second kappa shape index (κ2) is 6.86. The molecule has 90 valence electrons. The first-order valence-corrected chi connectivity index (χ1v) is 6.19. The van der Waals surface area contributed by atoms with Crippen LogP contribution in [0.3, 0.4) is 0 Å². The van der Waals surface area contributed by atoms with Crippen LogP contribution in [-0.4, -0.2) is 11.6 Å². The zero-order chi connectivity index (χ0) is 11.9. The predicted octanol–water partition coefficient (Wildman–Crippen LogP) is 3.93. The molecule has 0 rings (SSSR count). The predicted molar refractivity (Wildman–Crippen MR) is 63.8 cm³/mol. The molecular formula is C13H26O2. The van der Waals surface area contributed by atoms with Crippen LogP contribution in [0.2, 0.25) is 0 Å². The first kappa shape index (κ1) is 14.5. The summed E-state index contributed by atoms with van der Waals surface area (Å²) in [5, 5.41) is 0. The summed E-state index contributed by atoms with van der Waals surface area (Å²) in [6.45, 7) is 10.2. The maximum atomic E-state index is 11.8. The Morgan fingerprint density at radius 2 is 1.87 bits per heavy atom. The summed E-state index contributed by atoms with van der Waals surface area (Å²) in [5.41, 5.74) is -0.309. The van der Waals surface area contributed by atoms with Crippen molar-refractivity contribution in [2.75, 3.05) is 0 Å². The minimum atomic E-state index is -0.309. The van der Waals surface area contributed by atoms with Gasteiger partial charge in [-0.2, -0.15) is 0 Å². The molecule has 2 nitrogen and oxygen atoms in total. The number of hydrogen-bond donors (Lipinski definition) is 0. The van der Waals surface area contributed by atoms with E-state index in [1.54, 1.807) is 0 Å². The van der Waals surface area contributed by atoms with Crippen LogP contribution in [0, 0.1) is 5.92 Å². The molecule has 0 saturated heterocycles. The summed E-state index contributed by atoms with van der Waals surface area (Å²) in [6, 6.07) is 0. The number of hydrogen-bond acceptors (Lipinski definition) is 2. The topological polar surface area (TPSA) is 26.3 Å². The maximum Gasteiger partial charge on any atom is 0.309 e. The fraction of sp³-hybridized carbons (Fsp3) is 0.923. The molecule has 0 aliphatic carbocycles. The summed E-state index contributed by atoms with van der Waals surface area (Å²) in [7, 11) is 0. The number of carbonyl (C=O) groups excluding carboxylic acids is 1. The van der Waals surface area contributed by atoms with Gasteiger partial charge in [-0.15, -0.1) is 0 Å². The van der Waals surface area contributed by atoms with Crippen LogP contribution in [0.15, 0.2) is 0 Å². The molecule has 0 saturated carbocycles. The number of rotatable bonds is 7. The minimum Gasteiger partial charge on any atom is -0.459 e. The minimum absolute atomic E-state index is 0.0159. The van der Waals surface area contributed by atoms with Crippen molar-refractivity contribution in [1.82, 2.24) is 0 Å². The third-order valence-corrected chi connectivity index (χ3v) is 2.96. The Balaban J connectivity index is 4.15. The molecule has 0 fully saturated rings. The molecule has 0 aromatic rings. The molecule has 0 aromatic carbocycles. The van der Waals surface area contributed by atoms with Crippen LogP contribution in [0.1, 0.15) is 66.7 Å². The van der Waals surface area contributed by atoms with Crippen molar-refractivity contribution in [2.45, 2.75) is 72.3 Å². The Morgan fingerprint density at radius 1 is 1.27 bits per heavy atom.